The number of rotatable bonds is 8. The minimum atomic E-state index is -4.95. The molecule has 0 amide bonds. The molecule has 6 aromatic carbocycles. The van der Waals surface area contributed by atoms with Gasteiger partial charge >= 0.3 is 48.9 Å². The summed E-state index contributed by atoms with van der Waals surface area (Å²) in [6.07, 6.45) is 0. The van der Waals surface area contributed by atoms with Crippen molar-refractivity contribution in [2.75, 3.05) is 0 Å². The third-order valence-corrected chi connectivity index (χ3v) is 9.48. The van der Waals surface area contributed by atoms with Crippen molar-refractivity contribution in [3.05, 3.63) is 128 Å². The second-order valence-electron chi connectivity index (χ2n) is 11.4. The Balaban J connectivity index is 0.000000240. The Hall–Kier alpha value is -5.17. The number of phenols is 2. The standard InChI is InChI=1S/2C17H13N3O6S.Ba/c2*1-10-6-7-12(20(22)23)9-14(10)18-19-16-13-5-3-2-4-11(13)8-15(17(16)21)27(24,25)26;/h2*2-9,21H,1H3,(H,24,25,26);/q;;+2/p-2. The summed E-state index contributed by atoms with van der Waals surface area (Å²) in [6.45, 7) is 3.32. The largest absolute Gasteiger partial charge is 2.00 e. The first-order valence-electron chi connectivity index (χ1n) is 15.1. The van der Waals surface area contributed by atoms with Crippen LogP contribution in [0.25, 0.3) is 21.5 Å². The SMILES string of the molecule is Cc1ccc([N+](=O)[O-])cc1N=Nc1c(O)c(S(=O)(=O)[O-])cc2ccccc12.Cc1ccc([N+](=O)[O-])cc1N=Nc1c(O)c(S(=O)(=O)[O-])cc2ccccc12.[Ba+2]. The van der Waals surface area contributed by atoms with Crippen LogP contribution in [0.1, 0.15) is 11.1 Å². The number of nitrogens with zero attached hydrogens (tertiary/aromatic N) is 6. The van der Waals surface area contributed by atoms with E-state index in [0.717, 1.165) is 12.1 Å². The minimum Gasteiger partial charge on any atom is -0.744 e. The molecule has 0 atom stereocenters. The molecule has 2 N–H and O–H groups in total. The maximum Gasteiger partial charge on any atom is 2.00 e. The summed E-state index contributed by atoms with van der Waals surface area (Å²) >= 11 is 0. The fraction of sp³-hybridized carbons (Fsp3) is 0.0588. The topological polar surface area (TPSA) is 291 Å². The number of nitro benzene ring substituents is 2. The summed E-state index contributed by atoms with van der Waals surface area (Å²) in [5.74, 6) is -1.65. The number of azo groups is 2. The van der Waals surface area contributed by atoms with Gasteiger partial charge in [0.1, 0.15) is 31.6 Å². The molecule has 0 fully saturated rings. The summed E-state index contributed by atoms with van der Waals surface area (Å²) in [5.41, 5.74) is 0.688. The summed E-state index contributed by atoms with van der Waals surface area (Å²) in [6, 6.07) is 22.9. The van der Waals surface area contributed by atoms with Crippen LogP contribution in [0.5, 0.6) is 11.5 Å². The first kappa shape index (κ1) is 42.6. The van der Waals surface area contributed by atoms with E-state index in [9.17, 15) is 56.4 Å². The summed E-state index contributed by atoms with van der Waals surface area (Å²) < 4.78 is 68.6. The van der Waals surface area contributed by atoms with Gasteiger partial charge in [0.2, 0.25) is 0 Å². The maximum atomic E-state index is 11.4. The van der Waals surface area contributed by atoms with E-state index in [-0.39, 0.29) is 83.0 Å². The second-order valence-corrected chi connectivity index (χ2v) is 14.0. The quantitative estimate of drug-likeness (QED) is 0.0486. The predicted molar refractivity (Wildman–Crippen MR) is 197 cm³/mol. The average Bonchev–Trinajstić information content (AvgIpc) is 3.10. The first-order chi connectivity index (χ1) is 25.4. The van der Waals surface area contributed by atoms with Gasteiger partial charge in [0.15, 0.2) is 11.5 Å². The van der Waals surface area contributed by atoms with Crippen LogP contribution in [0, 0.1) is 34.1 Å². The molecule has 21 heteroatoms. The molecule has 0 aliphatic rings. The molecule has 0 aliphatic carbocycles. The third kappa shape index (κ3) is 9.75. The van der Waals surface area contributed by atoms with Crippen molar-refractivity contribution in [1.82, 2.24) is 0 Å². The zero-order chi connectivity index (χ0) is 39.5. The van der Waals surface area contributed by atoms with Gasteiger partial charge < -0.3 is 19.3 Å². The van der Waals surface area contributed by atoms with Crippen LogP contribution in [0.4, 0.5) is 34.1 Å². The Kier molecular flexibility index (Phi) is 13.2. The zero-order valence-corrected chi connectivity index (χ0v) is 34.5. The molecule has 6 rings (SSSR count). The molecule has 0 radical (unpaired) electrons. The van der Waals surface area contributed by atoms with Crippen LogP contribution in [-0.2, 0) is 20.2 Å². The molecule has 6 aromatic rings. The van der Waals surface area contributed by atoms with Gasteiger partial charge in [-0.2, -0.15) is 0 Å². The number of aromatic hydroxyl groups is 2. The number of aryl methyl sites for hydroxylation is 2. The average molecular weight is 910 g/mol. The van der Waals surface area contributed by atoms with Crippen LogP contribution < -0.4 is 0 Å². The van der Waals surface area contributed by atoms with Crippen molar-refractivity contribution in [2.24, 2.45) is 20.5 Å². The van der Waals surface area contributed by atoms with E-state index < -0.39 is 51.4 Å². The predicted octanol–water partition coefficient (Wildman–Crippen LogP) is 7.78. The molecular formula is C34H24BaN6O12S2. The Morgan fingerprint density at radius 2 is 0.891 bits per heavy atom. The molecule has 0 aliphatic heterocycles. The molecule has 0 spiro atoms. The van der Waals surface area contributed by atoms with E-state index in [0.29, 0.717) is 32.7 Å². The van der Waals surface area contributed by atoms with Gasteiger partial charge in [-0.3, -0.25) is 20.2 Å². The Morgan fingerprint density at radius 3 is 1.22 bits per heavy atom. The van der Waals surface area contributed by atoms with Gasteiger partial charge in [0.25, 0.3) is 11.4 Å². The van der Waals surface area contributed by atoms with Crippen LogP contribution in [-0.4, -0.2) is 94.9 Å². The molecule has 276 valence electrons. The third-order valence-electron chi connectivity index (χ3n) is 7.78. The molecule has 0 saturated heterocycles. The second kappa shape index (κ2) is 17.1. The van der Waals surface area contributed by atoms with Gasteiger partial charge in [-0.15, -0.1) is 20.5 Å². The van der Waals surface area contributed by atoms with E-state index in [1.807, 2.05) is 0 Å². The summed E-state index contributed by atoms with van der Waals surface area (Å²) in [4.78, 5) is 19.0. The summed E-state index contributed by atoms with van der Waals surface area (Å²) in [7, 11) is -9.90. The molecule has 0 aromatic heterocycles. The number of nitro groups is 2. The summed E-state index contributed by atoms with van der Waals surface area (Å²) in [5, 5.41) is 59.5. The number of hydrogen-bond acceptors (Lipinski definition) is 16. The van der Waals surface area contributed by atoms with Gasteiger partial charge in [-0.05, 0) is 47.9 Å². The molecular weight excluding hydrogens is 886 g/mol. The number of non-ortho nitro benzene ring substituents is 2. The Labute approximate surface area is 351 Å². The molecule has 18 nitrogen and oxygen atoms in total. The van der Waals surface area contributed by atoms with Gasteiger partial charge in [-0.1, -0.05) is 60.7 Å². The molecule has 0 heterocycles. The van der Waals surface area contributed by atoms with Crippen LogP contribution in [0.2, 0.25) is 0 Å². The van der Waals surface area contributed by atoms with Crippen LogP contribution >= 0.6 is 0 Å². The normalized spacial score (nSPS) is 11.7. The van der Waals surface area contributed by atoms with E-state index in [1.165, 1.54) is 36.4 Å². The fourth-order valence-electron chi connectivity index (χ4n) is 5.01. The van der Waals surface area contributed by atoms with Crippen molar-refractivity contribution in [1.29, 1.82) is 0 Å². The van der Waals surface area contributed by atoms with Crippen molar-refractivity contribution in [2.45, 2.75) is 23.6 Å². The molecule has 0 unspecified atom stereocenters. The molecule has 0 bridgehead atoms. The number of benzene rings is 6. The number of hydrogen-bond donors (Lipinski definition) is 2. The minimum absolute atomic E-state index is 0. The van der Waals surface area contributed by atoms with Gasteiger partial charge in [0, 0.05) is 35.0 Å². The Bertz CT molecular complexity index is 2610. The Morgan fingerprint density at radius 1 is 0.545 bits per heavy atom. The van der Waals surface area contributed by atoms with Crippen LogP contribution in [0.15, 0.2) is 127 Å². The smallest absolute Gasteiger partial charge is 0.744 e. The van der Waals surface area contributed by atoms with E-state index >= 15 is 0 Å². The van der Waals surface area contributed by atoms with Gasteiger partial charge in [-0.25, -0.2) is 16.8 Å². The van der Waals surface area contributed by atoms with Crippen molar-refractivity contribution in [3.63, 3.8) is 0 Å². The van der Waals surface area contributed by atoms with Crippen molar-refractivity contribution >= 4 is 125 Å². The van der Waals surface area contributed by atoms with E-state index in [4.69, 9.17) is 0 Å². The molecule has 55 heavy (non-hydrogen) atoms. The van der Waals surface area contributed by atoms with E-state index in [2.05, 4.69) is 20.5 Å². The van der Waals surface area contributed by atoms with E-state index in [1.54, 1.807) is 62.4 Å². The number of fused-ring (bicyclic) bond motifs is 2. The monoisotopic (exact) mass is 910 g/mol. The maximum absolute atomic E-state index is 11.4. The van der Waals surface area contributed by atoms with Crippen molar-refractivity contribution in [3.8, 4) is 11.5 Å². The fourth-order valence-corrected chi connectivity index (χ4v) is 6.22. The zero-order valence-electron chi connectivity index (χ0n) is 28.4. The number of phenolic OH excluding ortho intramolecular Hbond substituents is 2. The van der Waals surface area contributed by atoms with Gasteiger partial charge in [0.05, 0.1) is 31.0 Å². The first-order valence-corrected chi connectivity index (χ1v) is 17.9. The van der Waals surface area contributed by atoms with Crippen molar-refractivity contribution < 1.29 is 46.0 Å². The van der Waals surface area contributed by atoms with Crippen LogP contribution in [0.3, 0.4) is 0 Å². The molecule has 0 saturated carbocycles.